The van der Waals surface area contributed by atoms with Crippen LogP contribution in [0.1, 0.15) is 0 Å². The monoisotopic (exact) mass is 430 g/mol. The van der Waals surface area contributed by atoms with Crippen molar-refractivity contribution in [1.82, 2.24) is 19.7 Å². The zero-order valence-electron chi connectivity index (χ0n) is 14.7. The van der Waals surface area contributed by atoms with E-state index in [1.165, 1.54) is 23.1 Å². The number of aromatic nitrogens is 4. The highest BCUT2D eigenvalue weighted by molar-refractivity contribution is 7.99. The number of hydrogen-bond acceptors (Lipinski definition) is 7. The fourth-order valence-electron chi connectivity index (χ4n) is 2.62. The minimum Gasteiger partial charge on any atom is -0.397 e. The summed E-state index contributed by atoms with van der Waals surface area (Å²) in [6.45, 7) is 0. The summed E-state index contributed by atoms with van der Waals surface area (Å²) in [6, 6.07) is 10.7. The fraction of sp³-hybridized carbons (Fsp3) is 0.111. The SMILES string of the molecule is Cn1c(SCC(=O)Nc2ccc(Cl)cc2)nnc1-c1sc2ncccc2c1N. The smallest absolute Gasteiger partial charge is 0.234 e. The Morgan fingerprint density at radius 3 is 2.82 bits per heavy atom. The topological polar surface area (TPSA) is 98.7 Å². The van der Waals surface area contributed by atoms with Crippen molar-refractivity contribution in [2.75, 3.05) is 16.8 Å². The number of carbonyl (C=O) groups excluding carboxylic acids is 1. The summed E-state index contributed by atoms with van der Waals surface area (Å²) in [5, 5.41) is 13.4. The van der Waals surface area contributed by atoms with Crippen molar-refractivity contribution in [1.29, 1.82) is 0 Å². The van der Waals surface area contributed by atoms with Gasteiger partial charge in [-0.3, -0.25) is 4.79 Å². The van der Waals surface area contributed by atoms with Crippen molar-refractivity contribution in [3.63, 3.8) is 0 Å². The first-order valence-electron chi connectivity index (χ1n) is 8.24. The number of benzene rings is 1. The molecule has 0 aliphatic carbocycles. The van der Waals surface area contributed by atoms with Gasteiger partial charge in [0.05, 0.1) is 16.3 Å². The molecule has 4 rings (SSSR count). The van der Waals surface area contributed by atoms with E-state index < -0.39 is 0 Å². The standard InChI is InChI=1S/C18H15ClN6OS2/c1-25-16(15-14(20)12-3-2-8-21-17(12)28-15)23-24-18(25)27-9-13(26)22-11-6-4-10(19)5-7-11/h2-8H,9,20H2,1H3,(H,22,26). The lowest BCUT2D eigenvalue weighted by Crippen LogP contribution is -2.14. The molecule has 0 bridgehead atoms. The molecule has 142 valence electrons. The zero-order valence-corrected chi connectivity index (χ0v) is 17.1. The van der Waals surface area contributed by atoms with Gasteiger partial charge in [0.25, 0.3) is 0 Å². The number of nitrogen functional groups attached to an aromatic ring is 1. The highest BCUT2D eigenvalue weighted by Gasteiger charge is 2.19. The van der Waals surface area contributed by atoms with Crippen LogP contribution < -0.4 is 11.1 Å². The summed E-state index contributed by atoms with van der Waals surface area (Å²) in [5.74, 6) is 0.724. The molecule has 4 aromatic rings. The van der Waals surface area contributed by atoms with Crippen LogP contribution in [0.3, 0.4) is 0 Å². The van der Waals surface area contributed by atoms with Crippen LogP contribution in [0.5, 0.6) is 0 Å². The van der Waals surface area contributed by atoms with Gasteiger partial charge in [-0.2, -0.15) is 0 Å². The van der Waals surface area contributed by atoms with Crippen LogP contribution in [0.25, 0.3) is 20.9 Å². The number of halogens is 1. The van der Waals surface area contributed by atoms with E-state index in [2.05, 4.69) is 20.5 Å². The molecule has 0 saturated heterocycles. The van der Waals surface area contributed by atoms with Crippen LogP contribution in [0, 0.1) is 0 Å². The summed E-state index contributed by atoms with van der Waals surface area (Å²) < 4.78 is 1.83. The number of nitrogens with one attached hydrogen (secondary N) is 1. The first-order valence-corrected chi connectivity index (χ1v) is 10.4. The molecule has 0 unspecified atom stereocenters. The van der Waals surface area contributed by atoms with Gasteiger partial charge in [-0.15, -0.1) is 21.5 Å². The van der Waals surface area contributed by atoms with Gasteiger partial charge < -0.3 is 15.6 Å². The number of pyridine rings is 1. The van der Waals surface area contributed by atoms with Gasteiger partial charge in [-0.1, -0.05) is 23.4 Å². The number of nitrogens with zero attached hydrogens (tertiary/aromatic N) is 4. The average Bonchev–Trinajstić information content (AvgIpc) is 3.22. The molecule has 3 heterocycles. The largest absolute Gasteiger partial charge is 0.397 e. The number of fused-ring (bicyclic) bond motifs is 1. The summed E-state index contributed by atoms with van der Waals surface area (Å²) in [6.07, 6.45) is 1.74. The van der Waals surface area contributed by atoms with Crippen molar-refractivity contribution in [2.45, 2.75) is 5.16 Å². The van der Waals surface area contributed by atoms with E-state index >= 15 is 0 Å². The number of rotatable bonds is 5. The van der Waals surface area contributed by atoms with E-state index in [4.69, 9.17) is 17.3 Å². The van der Waals surface area contributed by atoms with E-state index in [-0.39, 0.29) is 11.7 Å². The average molecular weight is 431 g/mol. The molecular formula is C18H15ClN6OS2. The summed E-state index contributed by atoms with van der Waals surface area (Å²) >= 11 is 8.63. The van der Waals surface area contributed by atoms with Crippen LogP contribution in [-0.4, -0.2) is 31.4 Å². The van der Waals surface area contributed by atoms with Crippen molar-refractivity contribution in [3.8, 4) is 10.7 Å². The van der Waals surface area contributed by atoms with Crippen molar-refractivity contribution < 1.29 is 4.79 Å². The Bertz CT molecular complexity index is 1150. The Hall–Kier alpha value is -2.62. The normalized spacial score (nSPS) is 11.1. The van der Waals surface area contributed by atoms with Crippen LogP contribution in [0.4, 0.5) is 11.4 Å². The molecule has 0 atom stereocenters. The number of thiophene rings is 1. The molecule has 28 heavy (non-hydrogen) atoms. The molecule has 0 aliphatic heterocycles. The molecule has 3 aromatic heterocycles. The molecule has 7 nitrogen and oxygen atoms in total. The zero-order chi connectivity index (χ0) is 19.7. The molecule has 0 radical (unpaired) electrons. The van der Waals surface area contributed by atoms with Gasteiger partial charge in [0, 0.05) is 29.3 Å². The highest BCUT2D eigenvalue weighted by atomic mass is 35.5. The Morgan fingerprint density at radius 2 is 2.07 bits per heavy atom. The van der Waals surface area contributed by atoms with Crippen LogP contribution in [0.15, 0.2) is 47.8 Å². The molecule has 0 aliphatic rings. The lowest BCUT2D eigenvalue weighted by molar-refractivity contribution is -0.113. The minimum atomic E-state index is -0.137. The number of thioether (sulfide) groups is 1. The van der Waals surface area contributed by atoms with Crippen LogP contribution >= 0.6 is 34.7 Å². The highest BCUT2D eigenvalue weighted by Crippen LogP contribution is 2.39. The van der Waals surface area contributed by atoms with Gasteiger partial charge >= 0.3 is 0 Å². The second-order valence-electron chi connectivity index (χ2n) is 5.91. The second kappa shape index (κ2) is 7.78. The quantitative estimate of drug-likeness (QED) is 0.463. The van der Waals surface area contributed by atoms with Crippen molar-refractivity contribution in [3.05, 3.63) is 47.6 Å². The maximum atomic E-state index is 12.2. The third-order valence-corrected chi connectivity index (χ3v) is 6.40. The molecule has 3 N–H and O–H groups in total. The van der Waals surface area contributed by atoms with Gasteiger partial charge in [0.1, 0.15) is 4.83 Å². The first kappa shape index (κ1) is 18.7. The molecule has 10 heteroatoms. The Morgan fingerprint density at radius 1 is 1.29 bits per heavy atom. The van der Waals surface area contributed by atoms with Gasteiger partial charge in [-0.05, 0) is 36.4 Å². The van der Waals surface area contributed by atoms with Gasteiger partial charge in [0.15, 0.2) is 11.0 Å². The third-order valence-electron chi connectivity index (χ3n) is 4.00. The molecule has 0 spiro atoms. The van der Waals surface area contributed by atoms with E-state index in [1.807, 2.05) is 23.7 Å². The molecule has 1 amide bonds. The maximum Gasteiger partial charge on any atom is 0.234 e. The number of nitrogens with two attached hydrogens (primary N) is 1. The minimum absolute atomic E-state index is 0.137. The predicted molar refractivity (Wildman–Crippen MR) is 115 cm³/mol. The molecular weight excluding hydrogens is 416 g/mol. The predicted octanol–water partition coefficient (Wildman–Crippen LogP) is 4.06. The van der Waals surface area contributed by atoms with Gasteiger partial charge in [-0.25, -0.2) is 4.98 Å². The van der Waals surface area contributed by atoms with Crippen molar-refractivity contribution in [2.24, 2.45) is 7.05 Å². The van der Waals surface area contributed by atoms with Crippen molar-refractivity contribution >= 4 is 62.2 Å². The Labute approximate surface area is 173 Å². The summed E-state index contributed by atoms with van der Waals surface area (Å²) in [5.41, 5.74) is 7.61. The maximum absolute atomic E-state index is 12.2. The van der Waals surface area contributed by atoms with Crippen LogP contribution in [0.2, 0.25) is 5.02 Å². The lowest BCUT2D eigenvalue weighted by Gasteiger charge is -2.05. The number of anilines is 2. The number of hydrogen-bond donors (Lipinski definition) is 2. The summed E-state index contributed by atoms with van der Waals surface area (Å²) in [7, 11) is 1.85. The Kier molecular flexibility index (Phi) is 5.21. The number of carbonyl (C=O) groups is 1. The first-order chi connectivity index (χ1) is 13.5. The van der Waals surface area contributed by atoms with E-state index in [0.717, 1.165) is 15.1 Å². The summed E-state index contributed by atoms with van der Waals surface area (Å²) in [4.78, 5) is 18.2. The van der Waals surface area contributed by atoms with E-state index in [9.17, 15) is 4.79 Å². The molecule has 0 fully saturated rings. The van der Waals surface area contributed by atoms with E-state index in [1.54, 1.807) is 30.5 Å². The molecule has 0 saturated carbocycles. The van der Waals surface area contributed by atoms with Gasteiger partial charge in [0.2, 0.25) is 5.91 Å². The van der Waals surface area contributed by atoms with E-state index in [0.29, 0.717) is 27.4 Å². The fourth-order valence-corrected chi connectivity index (χ4v) is 4.54. The third kappa shape index (κ3) is 3.68. The second-order valence-corrected chi connectivity index (χ2v) is 8.29. The Balaban J connectivity index is 1.48. The number of amides is 1. The lowest BCUT2D eigenvalue weighted by atomic mass is 10.2. The van der Waals surface area contributed by atoms with Crippen LogP contribution in [-0.2, 0) is 11.8 Å². The molecule has 1 aromatic carbocycles.